The maximum atomic E-state index is 5.09. The molecule has 0 atom stereocenters. The first-order chi connectivity index (χ1) is 6.28. The molecule has 0 saturated heterocycles. The zero-order chi connectivity index (χ0) is 9.31. The van der Waals surface area contributed by atoms with Crippen molar-refractivity contribution in [3.05, 3.63) is 23.8 Å². The Bertz CT molecular complexity index is 309. The average molecular weight is 179 g/mol. The van der Waals surface area contributed by atoms with E-state index in [1.54, 1.807) is 12.4 Å². The van der Waals surface area contributed by atoms with Gasteiger partial charge >= 0.3 is 0 Å². The number of hydrogen-bond donors (Lipinski definition) is 1. The van der Waals surface area contributed by atoms with Crippen LogP contribution in [-0.4, -0.2) is 16.6 Å². The van der Waals surface area contributed by atoms with Gasteiger partial charge in [-0.2, -0.15) is 0 Å². The van der Waals surface area contributed by atoms with Crippen molar-refractivity contribution in [1.29, 1.82) is 0 Å². The number of hydrogen-bond acceptors (Lipinski definition) is 4. The van der Waals surface area contributed by atoms with Gasteiger partial charge in [0.2, 0.25) is 0 Å². The molecule has 2 rings (SSSR count). The molecule has 0 unspecified atom stereocenters. The Morgan fingerprint density at radius 2 is 2.15 bits per heavy atom. The van der Waals surface area contributed by atoms with Crippen LogP contribution < -0.4 is 5.90 Å². The van der Waals surface area contributed by atoms with E-state index in [1.807, 2.05) is 6.92 Å². The zero-order valence-corrected chi connectivity index (χ0v) is 7.66. The fourth-order valence-corrected chi connectivity index (χ4v) is 1.69. The second-order valence-electron chi connectivity index (χ2n) is 3.58. The van der Waals surface area contributed by atoms with Gasteiger partial charge in [0.05, 0.1) is 18.0 Å². The monoisotopic (exact) mass is 179 g/mol. The number of aryl methyl sites for hydroxylation is 1. The molecule has 0 bridgehead atoms. The highest BCUT2D eigenvalue weighted by Gasteiger charge is 2.47. The molecular weight excluding hydrogens is 166 g/mol. The fourth-order valence-electron chi connectivity index (χ4n) is 1.69. The summed E-state index contributed by atoms with van der Waals surface area (Å²) in [5, 5.41) is 0. The second-order valence-corrected chi connectivity index (χ2v) is 3.58. The van der Waals surface area contributed by atoms with Crippen molar-refractivity contribution < 1.29 is 4.84 Å². The lowest BCUT2D eigenvalue weighted by molar-refractivity contribution is 0.114. The predicted octanol–water partition coefficient (Wildman–Crippen LogP) is 0.707. The van der Waals surface area contributed by atoms with Crippen molar-refractivity contribution in [3.8, 4) is 0 Å². The molecule has 0 radical (unpaired) electrons. The molecule has 1 aromatic heterocycles. The van der Waals surface area contributed by atoms with Crippen LogP contribution in [-0.2, 0) is 10.3 Å². The lowest BCUT2D eigenvalue weighted by Gasteiger charge is -2.13. The van der Waals surface area contributed by atoms with Gasteiger partial charge in [0, 0.05) is 17.8 Å². The van der Waals surface area contributed by atoms with Gasteiger partial charge in [0.15, 0.2) is 0 Å². The summed E-state index contributed by atoms with van der Waals surface area (Å²) in [6.45, 7) is 2.52. The number of nitrogens with zero attached hydrogens (tertiary/aromatic N) is 2. The zero-order valence-electron chi connectivity index (χ0n) is 7.66. The Morgan fingerprint density at radius 1 is 1.46 bits per heavy atom. The number of nitrogens with two attached hydrogens (primary N) is 1. The lowest BCUT2D eigenvalue weighted by Crippen LogP contribution is -2.21. The summed E-state index contributed by atoms with van der Waals surface area (Å²) < 4.78 is 0. The van der Waals surface area contributed by atoms with E-state index in [2.05, 4.69) is 9.97 Å². The van der Waals surface area contributed by atoms with E-state index in [1.165, 1.54) is 0 Å². The fraction of sp³-hybridized carbons (Fsp3) is 0.556. The Labute approximate surface area is 77.1 Å². The molecule has 0 amide bonds. The van der Waals surface area contributed by atoms with Gasteiger partial charge in [0.1, 0.15) is 0 Å². The summed E-state index contributed by atoms with van der Waals surface area (Å²) in [7, 11) is 0. The molecule has 1 aliphatic rings. The summed E-state index contributed by atoms with van der Waals surface area (Å²) in [4.78, 5) is 13.3. The molecule has 4 nitrogen and oxygen atoms in total. The molecule has 13 heavy (non-hydrogen) atoms. The minimum Gasteiger partial charge on any atom is -0.304 e. The highest BCUT2D eigenvalue weighted by Crippen LogP contribution is 2.47. The summed E-state index contributed by atoms with van der Waals surface area (Å²) in [6.07, 6.45) is 5.63. The van der Waals surface area contributed by atoms with Gasteiger partial charge in [0.25, 0.3) is 0 Å². The third-order valence-electron chi connectivity index (χ3n) is 2.60. The third-order valence-corrected chi connectivity index (χ3v) is 2.60. The van der Waals surface area contributed by atoms with Gasteiger partial charge in [-0.15, -0.1) is 0 Å². The van der Waals surface area contributed by atoms with E-state index in [4.69, 9.17) is 10.7 Å². The van der Waals surface area contributed by atoms with Crippen molar-refractivity contribution in [2.24, 2.45) is 5.90 Å². The lowest BCUT2D eigenvalue weighted by atomic mass is 10.0. The Balaban J connectivity index is 2.30. The van der Waals surface area contributed by atoms with Gasteiger partial charge in [-0.1, -0.05) is 0 Å². The van der Waals surface area contributed by atoms with E-state index in [0.717, 1.165) is 24.2 Å². The first-order valence-electron chi connectivity index (χ1n) is 4.38. The standard InChI is InChI=1S/C9H13N3O/c1-7-8(12-5-4-11-7)9(2-3-9)6-13-10/h4-5H,2-3,6,10H2,1H3. The largest absolute Gasteiger partial charge is 0.304 e. The highest BCUT2D eigenvalue weighted by atomic mass is 16.6. The third kappa shape index (κ3) is 1.43. The van der Waals surface area contributed by atoms with E-state index < -0.39 is 0 Å². The van der Waals surface area contributed by atoms with Crippen LogP contribution in [0.25, 0.3) is 0 Å². The van der Waals surface area contributed by atoms with Crippen LogP contribution >= 0.6 is 0 Å². The smallest absolute Gasteiger partial charge is 0.0791 e. The topological polar surface area (TPSA) is 61.0 Å². The molecule has 4 heteroatoms. The molecule has 1 heterocycles. The van der Waals surface area contributed by atoms with Gasteiger partial charge in [-0.3, -0.25) is 9.97 Å². The normalized spacial score (nSPS) is 18.6. The molecule has 0 aliphatic heterocycles. The summed E-state index contributed by atoms with van der Waals surface area (Å²) >= 11 is 0. The van der Waals surface area contributed by atoms with Crippen LogP contribution in [0.4, 0.5) is 0 Å². The molecule has 1 fully saturated rings. The Hall–Kier alpha value is -1.00. The molecule has 70 valence electrons. The van der Waals surface area contributed by atoms with Gasteiger partial charge < -0.3 is 4.84 Å². The van der Waals surface area contributed by atoms with Crippen LogP contribution in [0.1, 0.15) is 24.2 Å². The maximum absolute atomic E-state index is 5.09. The quantitative estimate of drug-likeness (QED) is 0.694. The number of aromatic nitrogens is 2. The predicted molar refractivity (Wildman–Crippen MR) is 47.8 cm³/mol. The van der Waals surface area contributed by atoms with Crippen LogP contribution in [0.2, 0.25) is 0 Å². The highest BCUT2D eigenvalue weighted by molar-refractivity contribution is 5.27. The van der Waals surface area contributed by atoms with E-state index in [-0.39, 0.29) is 5.41 Å². The van der Waals surface area contributed by atoms with Crippen LogP contribution in [0.3, 0.4) is 0 Å². The Morgan fingerprint density at radius 3 is 2.69 bits per heavy atom. The van der Waals surface area contributed by atoms with E-state index in [9.17, 15) is 0 Å². The van der Waals surface area contributed by atoms with Crippen molar-refractivity contribution in [3.63, 3.8) is 0 Å². The van der Waals surface area contributed by atoms with Crippen LogP contribution in [0.15, 0.2) is 12.4 Å². The van der Waals surface area contributed by atoms with Gasteiger partial charge in [-0.05, 0) is 19.8 Å². The Kier molecular flexibility index (Phi) is 2.01. The van der Waals surface area contributed by atoms with Crippen molar-refractivity contribution >= 4 is 0 Å². The summed E-state index contributed by atoms with van der Waals surface area (Å²) in [5.74, 6) is 5.09. The van der Waals surface area contributed by atoms with Gasteiger partial charge in [-0.25, -0.2) is 5.90 Å². The summed E-state index contributed by atoms with van der Waals surface area (Å²) in [6, 6.07) is 0. The molecule has 1 saturated carbocycles. The maximum Gasteiger partial charge on any atom is 0.0791 e. The minimum atomic E-state index is 0.0626. The summed E-state index contributed by atoms with van der Waals surface area (Å²) in [5.41, 5.74) is 2.09. The number of rotatable bonds is 3. The second kappa shape index (κ2) is 3.05. The molecular formula is C9H13N3O. The first kappa shape index (κ1) is 8.59. The average Bonchev–Trinajstić information content (AvgIpc) is 2.87. The van der Waals surface area contributed by atoms with Crippen molar-refractivity contribution in [1.82, 2.24) is 9.97 Å². The van der Waals surface area contributed by atoms with E-state index in [0.29, 0.717) is 6.61 Å². The molecule has 1 aromatic rings. The van der Waals surface area contributed by atoms with Crippen LogP contribution in [0.5, 0.6) is 0 Å². The van der Waals surface area contributed by atoms with Crippen molar-refractivity contribution in [2.45, 2.75) is 25.2 Å². The molecule has 2 N–H and O–H groups in total. The first-order valence-corrected chi connectivity index (χ1v) is 4.38. The van der Waals surface area contributed by atoms with Crippen LogP contribution in [0, 0.1) is 6.92 Å². The molecule has 1 aliphatic carbocycles. The van der Waals surface area contributed by atoms with E-state index >= 15 is 0 Å². The molecule has 0 spiro atoms. The van der Waals surface area contributed by atoms with Crippen molar-refractivity contribution in [2.75, 3.05) is 6.61 Å². The molecule has 0 aromatic carbocycles. The SMILES string of the molecule is Cc1nccnc1C1(CON)CC1. The minimum absolute atomic E-state index is 0.0626.